The Balaban J connectivity index is 3.49. The molecule has 3 heteroatoms. The van der Waals surface area contributed by atoms with E-state index in [1.165, 1.54) is 6.08 Å². The maximum Gasteiger partial charge on any atom is 0.332 e. The van der Waals surface area contributed by atoms with E-state index in [1.807, 2.05) is 0 Å². The van der Waals surface area contributed by atoms with Gasteiger partial charge in [-0.2, -0.15) is 0 Å². The van der Waals surface area contributed by atoms with Gasteiger partial charge in [-0.25, -0.2) is 4.79 Å². The van der Waals surface area contributed by atoms with Crippen LogP contribution in [0.1, 0.15) is 33.6 Å². The molecule has 3 nitrogen and oxygen atoms in total. The molecule has 13 heavy (non-hydrogen) atoms. The van der Waals surface area contributed by atoms with Crippen molar-refractivity contribution in [1.82, 2.24) is 0 Å². The molecule has 1 atom stereocenters. The number of carbonyl (C=O) groups is 1. The molecule has 0 heterocycles. The average Bonchev–Trinajstić information content (AvgIpc) is 2.05. The van der Waals surface area contributed by atoms with Crippen LogP contribution in [0, 0.1) is 0 Å². The normalized spacial score (nSPS) is 13.2. The zero-order valence-electron chi connectivity index (χ0n) is 8.58. The van der Waals surface area contributed by atoms with E-state index in [0.717, 1.165) is 12.8 Å². The van der Waals surface area contributed by atoms with Gasteiger partial charge in [0.1, 0.15) is 0 Å². The Kier molecular flexibility index (Phi) is 7.30. The smallest absolute Gasteiger partial charge is 0.332 e. The predicted octanol–water partition coefficient (Wildman–Crippen LogP) is 2.27. The van der Waals surface area contributed by atoms with Crippen molar-refractivity contribution in [3.8, 4) is 0 Å². The summed E-state index contributed by atoms with van der Waals surface area (Å²) >= 11 is 0. The zero-order chi connectivity index (χ0) is 10.1. The SMILES string of the molecule is C/C=C/C(=O)OC(C)OCCCC. The van der Waals surface area contributed by atoms with Gasteiger partial charge in [0, 0.05) is 6.08 Å². The van der Waals surface area contributed by atoms with Crippen LogP contribution in [0.3, 0.4) is 0 Å². The van der Waals surface area contributed by atoms with Crippen LogP contribution in [0.4, 0.5) is 0 Å². The maximum atomic E-state index is 10.9. The zero-order valence-corrected chi connectivity index (χ0v) is 8.58. The highest BCUT2D eigenvalue weighted by molar-refractivity contribution is 5.81. The molecule has 0 aromatic carbocycles. The Labute approximate surface area is 79.7 Å². The molecule has 0 aromatic heterocycles. The van der Waals surface area contributed by atoms with Crippen LogP contribution in [0.15, 0.2) is 12.2 Å². The van der Waals surface area contributed by atoms with Gasteiger partial charge in [0.2, 0.25) is 0 Å². The standard InChI is InChI=1S/C10H18O3/c1-4-6-8-12-9(3)13-10(11)7-5-2/h5,7,9H,4,6,8H2,1-3H3/b7-5+. The molecule has 0 saturated carbocycles. The molecule has 0 amide bonds. The second-order valence-electron chi connectivity index (χ2n) is 2.73. The van der Waals surface area contributed by atoms with Crippen molar-refractivity contribution in [1.29, 1.82) is 0 Å². The second kappa shape index (κ2) is 7.80. The molecule has 76 valence electrons. The second-order valence-corrected chi connectivity index (χ2v) is 2.73. The van der Waals surface area contributed by atoms with E-state index in [0.29, 0.717) is 6.61 Å². The first-order valence-corrected chi connectivity index (χ1v) is 4.65. The third-order valence-corrected chi connectivity index (χ3v) is 1.44. The van der Waals surface area contributed by atoms with E-state index in [2.05, 4.69) is 6.92 Å². The summed E-state index contributed by atoms with van der Waals surface area (Å²) in [5.74, 6) is -0.355. The Morgan fingerprint density at radius 3 is 2.77 bits per heavy atom. The Hall–Kier alpha value is -0.830. The van der Waals surface area contributed by atoms with Crippen LogP contribution in [0.25, 0.3) is 0 Å². The molecular weight excluding hydrogens is 168 g/mol. The number of unbranched alkanes of at least 4 members (excludes halogenated alkanes) is 1. The van der Waals surface area contributed by atoms with E-state index in [9.17, 15) is 4.79 Å². The molecule has 0 bridgehead atoms. The number of hydrogen-bond donors (Lipinski definition) is 0. The van der Waals surface area contributed by atoms with Gasteiger partial charge >= 0.3 is 5.97 Å². The molecule has 0 radical (unpaired) electrons. The van der Waals surface area contributed by atoms with E-state index in [4.69, 9.17) is 9.47 Å². The largest absolute Gasteiger partial charge is 0.433 e. The number of esters is 1. The number of carbonyl (C=O) groups excluding carboxylic acids is 1. The van der Waals surface area contributed by atoms with Gasteiger partial charge in [-0.3, -0.25) is 0 Å². The molecule has 1 unspecified atom stereocenters. The molecule has 0 saturated heterocycles. The Morgan fingerprint density at radius 2 is 2.23 bits per heavy atom. The van der Waals surface area contributed by atoms with E-state index >= 15 is 0 Å². The van der Waals surface area contributed by atoms with E-state index < -0.39 is 6.29 Å². The monoisotopic (exact) mass is 186 g/mol. The molecule has 0 N–H and O–H groups in total. The quantitative estimate of drug-likeness (QED) is 0.276. The lowest BCUT2D eigenvalue weighted by atomic mass is 10.4. The van der Waals surface area contributed by atoms with Gasteiger partial charge in [-0.05, 0) is 20.3 Å². The van der Waals surface area contributed by atoms with Crippen LogP contribution >= 0.6 is 0 Å². The van der Waals surface area contributed by atoms with Gasteiger partial charge in [0.15, 0.2) is 6.29 Å². The van der Waals surface area contributed by atoms with Crippen molar-refractivity contribution in [3.05, 3.63) is 12.2 Å². The lowest BCUT2D eigenvalue weighted by Gasteiger charge is -2.12. The lowest BCUT2D eigenvalue weighted by Crippen LogP contribution is -2.17. The molecule has 0 aliphatic carbocycles. The summed E-state index contributed by atoms with van der Waals surface area (Å²) in [5.41, 5.74) is 0. The van der Waals surface area contributed by atoms with Crippen LogP contribution < -0.4 is 0 Å². The number of rotatable bonds is 6. The summed E-state index contributed by atoms with van der Waals surface area (Å²) in [6.07, 6.45) is 4.64. The van der Waals surface area contributed by atoms with Crippen molar-refractivity contribution < 1.29 is 14.3 Å². The van der Waals surface area contributed by atoms with Crippen molar-refractivity contribution in [2.75, 3.05) is 6.61 Å². The molecule has 0 spiro atoms. The number of hydrogen-bond acceptors (Lipinski definition) is 3. The summed E-state index contributed by atoms with van der Waals surface area (Å²) in [7, 11) is 0. The predicted molar refractivity (Wildman–Crippen MR) is 51.2 cm³/mol. The van der Waals surface area contributed by atoms with Crippen LogP contribution in [0.2, 0.25) is 0 Å². The van der Waals surface area contributed by atoms with Crippen molar-refractivity contribution in [2.24, 2.45) is 0 Å². The molecule has 0 aliphatic heterocycles. The summed E-state index contributed by atoms with van der Waals surface area (Å²) in [6.45, 7) is 6.21. The van der Waals surface area contributed by atoms with Gasteiger partial charge in [0.25, 0.3) is 0 Å². The molecular formula is C10H18O3. The average molecular weight is 186 g/mol. The van der Waals surface area contributed by atoms with Crippen molar-refractivity contribution in [2.45, 2.75) is 39.9 Å². The third-order valence-electron chi connectivity index (χ3n) is 1.44. The van der Waals surface area contributed by atoms with Crippen LogP contribution in [0.5, 0.6) is 0 Å². The van der Waals surface area contributed by atoms with Gasteiger partial charge in [-0.15, -0.1) is 0 Å². The maximum absolute atomic E-state index is 10.9. The van der Waals surface area contributed by atoms with Crippen molar-refractivity contribution in [3.63, 3.8) is 0 Å². The van der Waals surface area contributed by atoms with Crippen molar-refractivity contribution >= 4 is 5.97 Å². The highest BCUT2D eigenvalue weighted by Gasteiger charge is 2.05. The molecule has 0 aromatic rings. The minimum absolute atomic E-state index is 0.355. The Morgan fingerprint density at radius 1 is 1.54 bits per heavy atom. The van der Waals surface area contributed by atoms with Gasteiger partial charge in [0.05, 0.1) is 6.61 Å². The fourth-order valence-electron chi connectivity index (χ4n) is 0.767. The number of ether oxygens (including phenoxy) is 2. The fourth-order valence-corrected chi connectivity index (χ4v) is 0.767. The van der Waals surface area contributed by atoms with Crippen LogP contribution in [-0.4, -0.2) is 18.9 Å². The topological polar surface area (TPSA) is 35.5 Å². The Bertz CT molecular complexity index is 164. The van der Waals surface area contributed by atoms with E-state index in [-0.39, 0.29) is 5.97 Å². The first kappa shape index (κ1) is 12.2. The van der Waals surface area contributed by atoms with Gasteiger partial charge < -0.3 is 9.47 Å². The van der Waals surface area contributed by atoms with Crippen LogP contribution in [-0.2, 0) is 14.3 Å². The molecule has 0 rings (SSSR count). The van der Waals surface area contributed by atoms with E-state index in [1.54, 1.807) is 19.9 Å². The minimum atomic E-state index is -0.449. The third kappa shape index (κ3) is 7.53. The minimum Gasteiger partial charge on any atom is -0.433 e. The summed E-state index contributed by atoms with van der Waals surface area (Å²) < 4.78 is 10.1. The number of allylic oxidation sites excluding steroid dienone is 1. The fraction of sp³-hybridized carbons (Fsp3) is 0.700. The first-order chi connectivity index (χ1) is 6.20. The molecule has 0 aliphatic rings. The highest BCUT2D eigenvalue weighted by Crippen LogP contribution is 1.97. The summed E-state index contributed by atoms with van der Waals surface area (Å²) in [5, 5.41) is 0. The summed E-state index contributed by atoms with van der Waals surface area (Å²) in [6, 6.07) is 0. The first-order valence-electron chi connectivity index (χ1n) is 4.65. The highest BCUT2D eigenvalue weighted by atomic mass is 16.7. The lowest BCUT2D eigenvalue weighted by molar-refractivity contribution is -0.168. The summed E-state index contributed by atoms with van der Waals surface area (Å²) in [4.78, 5) is 10.9. The van der Waals surface area contributed by atoms with Gasteiger partial charge in [-0.1, -0.05) is 19.4 Å². The molecule has 0 fully saturated rings.